The number of allylic oxidation sites excluding steroid dienone is 17. The van der Waals surface area contributed by atoms with Crippen LogP contribution >= 0.6 is 0 Å². The standard InChI is InChI=1S/C63H60N2/c1-6-7-8-20-37-64(44-29-32-50-48-25-14-16-27-53(48)61(2,3)55(50)39-44)45-30-34-52-57(40-45)63(35-18-19-36-63)58-38-42-21-12-13-24-47(42)60(59(52)58)65(43-22-10-9-11-23-43)46-31-33-51-49-26-15-17-28-54(49)62(4,5)56(51)41-46/h6-8,10,12-17,20-34,37-42,47,51,56H,1,9,11,18-19,35-36H2,2-5H3/b8-7-,37-20-. The molecule has 65 heavy (non-hydrogen) atoms. The van der Waals surface area contributed by atoms with Crippen molar-refractivity contribution in [3.05, 3.63) is 245 Å². The first-order valence-electron chi connectivity index (χ1n) is 24.3. The maximum Gasteiger partial charge on any atom is 0.0458 e. The highest BCUT2D eigenvalue weighted by atomic mass is 15.2. The van der Waals surface area contributed by atoms with Gasteiger partial charge in [-0.3, -0.25) is 0 Å². The molecule has 4 unspecified atom stereocenters. The number of anilines is 2. The lowest BCUT2D eigenvalue weighted by molar-refractivity contribution is 0.376. The summed E-state index contributed by atoms with van der Waals surface area (Å²) in [5.41, 5.74) is 20.7. The fourth-order valence-corrected chi connectivity index (χ4v) is 13.5. The number of hydrogen-bond donors (Lipinski definition) is 0. The van der Waals surface area contributed by atoms with Gasteiger partial charge in [0.2, 0.25) is 0 Å². The average Bonchev–Trinajstić information content (AvgIpc) is 4.06. The molecule has 4 aromatic carbocycles. The average molecular weight is 845 g/mol. The number of benzene rings is 4. The van der Waals surface area contributed by atoms with E-state index >= 15 is 0 Å². The maximum atomic E-state index is 3.95. The van der Waals surface area contributed by atoms with Gasteiger partial charge in [-0.2, -0.15) is 0 Å². The summed E-state index contributed by atoms with van der Waals surface area (Å²) in [5, 5.41) is 0. The third-order valence-electron chi connectivity index (χ3n) is 16.6. The molecule has 0 radical (unpaired) electrons. The van der Waals surface area contributed by atoms with Crippen LogP contribution in [0, 0.1) is 17.8 Å². The van der Waals surface area contributed by atoms with Crippen LogP contribution in [-0.2, 0) is 16.2 Å². The summed E-state index contributed by atoms with van der Waals surface area (Å²) in [6, 6.07) is 32.8. The molecule has 0 aliphatic heterocycles. The first-order valence-corrected chi connectivity index (χ1v) is 24.3. The van der Waals surface area contributed by atoms with E-state index in [4.69, 9.17) is 0 Å². The highest BCUT2D eigenvalue weighted by molar-refractivity contribution is 5.95. The topological polar surface area (TPSA) is 6.48 Å². The molecule has 2 nitrogen and oxygen atoms in total. The van der Waals surface area contributed by atoms with Gasteiger partial charge in [-0.05, 0) is 130 Å². The fourth-order valence-electron chi connectivity index (χ4n) is 13.5. The van der Waals surface area contributed by atoms with Crippen molar-refractivity contribution >= 4 is 16.9 Å². The van der Waals surface area contributed by atoms with Crippen molar-refractivity contribution in [2.45, 2.75) is 88.4 Å². The van der Waals surface area contributed by atoms with Crippen molar-refractivity contribution in [2.24, 2.45) is 17.8 Å². The lowest BCUT2D eigenvalue weighted by Gasteiger charge is -2.43. The van der Waals surface area contributed by atoms with Crippen molar-refractivity contribution in [3.8, 4) is 11.1 Å². The second-order valence-electron chi connectivity index (χ2n) is 20.7. The van der Waals surface area contributed by atoms with Gasteiger partial charge in [0.1, 0.15) is 0 Å². The van der Waals surface area contributed by atoms with Gasteiger partial charge in [-0.25, -0.2) is 0 Å². The lowest BCUT2D eigenvalue weighted by Crippen LogP contribution is -2.35. The number of rotatable bonds is 8. The lowest BCUT2D eigenvalue weighted by atomic mass is 9.69. The molecular formula is C63H60N2. The van der Waals surface area contributed by atoms with E-state index in [1.165, 1.54) is 104 Å². The molecule has 0 N–H and O–H groups in total. The molecular weight excluding hydrogens is 785 g/mol. The smallest absolute Gasteiger partial charge is 0.0458 e. The zero-order valence-electron chi connectivity index (χ0n) is 38.5. The Labute approximate surface area is 387 Å². The second kappa shape index (κ2) is 15.1. The summed E-state index contributed by atoms with van der Waals surface area (Å²) in [6.07, 6.45) is 44.5. The van der Waals surface area contributed by atoms with Gasteiger partial charge in [0.25, 0.3) is 0 Å². The Kier molecular flexibility index (Phi) is 9.33. The van der Waals surface area contributed by atoms with E-state index in [-0.39, 0.29) is 22.2 Å². The SMILES string of the molecule is C=C/C=C\C=C/N(c1ccc2c(c1)C1(CCCC1)C1=CC3C=CC=CC3C(N(C3=CCCC=C3)C3=CC4C(C=C3)c3ccccc3C4(C)C)=C12)c1ccc2c(c1)C(C)(C)c1ccccc1-2. The highest BCUT2D eigenvalue weighted by Crippen LogP contribution is 2.64. The van der Waals surface area contributed by atoms with Crippen LogP contribution < -0.4 is 4.90 Å². The zero-order chi connectivity index (χ0) is 44.1. The van der Waals surface area contributed by atoms with Crippen LogP contribution in [0.25, 0.3) is 16.7 Å². The molecule has 1 saturated carbocycles. The van der Waals surface area contributed by atoms with Crippen LogP contribution in [0.5, 0.6) is 0 Å². The quantitative estimate of drug-likeness (QED) is 0.163. The fraction of sp³-hybridized carbons (Fsp3) is 0.270. The van der Waals surface area contributed by atoms with E-state index in [0.29, 0.717) is 17.8 Å². The molecule has 4 aromatic rings. The van der Waals surface area contributed by atoms with E-state index in [9.17, 15) is 0 Å². The van der Waals surface area contributed by atoms with E-state index in [1.807, 2.05) is 12.2 Å². The third kappa shape index (κ3) is 5.98. The molecule has 1 fully saturated rings. The van der Waals surface area contributed by atoms with Crippen LogP contribution in [-0.4, -0.2) is 4.90 Å². The Bertz CT molecular complexity index is 2990. The number of nitrogens with zero attached hydrogens (tertiary/aromatic N) is 2. The summed E-state index contributed by atoms with van der Waals surface area (Å²) in [6.45, 7) is 13.6. The minimum atomic E-state index is -0.0904. The Balaban J connectivity index is 1.05. The minimum Gasteiger partial charge on any atom is -0.317 e. The second-order valence-corrected chi connectivity index (χ2v) is 20.7. The molecule has 0 heterocycles. The summed E-state index contributed by atoms with van der Waals surface area (Å²) in [7, 11) is 0. The number of fused-ring (bicyclic) bond motifs is 12. The molecule has 0 aromatic heterocycles. The molecule has 4 atom stereocenters. The molecule has 1 spiro atoms. The van der Waals surface area contributed by atoms with Crippen LogP contribution in [0.3, 0.4) is 0 Å². The van der Waals surface area contributed by atoms with Crippen LogP contribution in [0.1, 0.15) is 106 Å². The summed E-state index contributed by atoms with van der Waals surface area (Å²) in [5.74, 6) is 1.26. The molecule has 8 aliphatic rings. The zero-order valence-corrected chi connectivity index (χ0v) is 38.5. The van der Waals surface area contributed by atoms with Crippen molar-refractivity contribution in [2.75, 3.05) is 4.90 Å². The van der Waals surface area contributed by atoms with E-state index in [2.05, 4.69) is 214 Å². The van der Waals surface area contributed by atoms with Gasteiger partial charge in [0.15, 0.2) is 0 Å². The van der Waals surface area contributed by atoms with Gasteiger partial charge in [-0.15, -0.1) is 0 Å². The summed E-state index contributed by atoms with van der Waals surface area (Å²) < 4.78 is 0. The summed E-state index contributed by atoms with van der Waals surface area (Å²) in [4.78, 5) is 5.15. The van der Waals surface area contributed by atoms with Gasteiger partial charge in [-0.1, -0.05) is 181 Å². The number of hydrogen-bond acceptors (Lipinski definition) is 2. The normalized spacial score (nSPS) is 25.1. The Morgan fingerprint density at radius 3 is 2.18 bits per heavy atom. The van der Waals surface area contributed by atoms with Crippen LogP contribution in [0.4, 0.5) is 11.4 Å². The Morgan fingerprint density at radius 1 is 0.646 bits per heavy atom. The third-order valence-corrected chi connectivity index (χ3v) is 16.6. The van der Waals surface area contributed by atoms with Crippen molar-refractivity contribution in [1.29, 1.82) is 0 Å². The first kappa shape index (κ1) is 40.2. The monoisotopic (exact) mass is 844 g/mol. The summed E-state index contributed by atoms with van der Waals surface area (Å²) >= 11 is 0. The van der Waals surface area contributed by atoms with E-state index < -0.39 is 0 Å². The predicted molar refractivity (Wildman–Crippen MR) is 273 cm³/mol. The van der Waals surface area contributed by atoms with Crippen molar-refractivity contribution in [3.63, 3.8) is 0 Å². The van der Waals surface area contributed by atoms with Crippen LogP contribution in [0.15, 0.2) is 212 Å². The molecule has 0 saturated heterocycles. The minimum absolute atomic E-state index is 0.0236. The Hall–Kier alpha value is -6.38. The van der Waals surface area contributed by atoms with Gasteiger partial charge >= 0.3 is 0 Å². The van der Waals surface area contributed by atoms with E-state index in [1.54, 1.807) is 5.57 Å². The van der Waals surface area contributed by atoms with Crippen molar-refractivity contribution < 1.29 is 0 Å². The Morgan fingerprint density at radius 2 is 1.38 bits per heavy atom. The molecule has 322 valence electrons. The predicted octanol–water partition coefficient (Wildman–Crippen LogP) is 15.9. The highest BCUT2D eigenvalue weighted by Gasteiger charge is 2.52. The molecule has 0 amide bonds. The molecule has 2 heteroatoms. The van der Waals surface area contributed by atoms with E-state index in [0.717, 1.165) is 12.8 Å². The largest absolute Gasteiger partial charge is 0.317 e. The van der Waals surface area contributed by atoms with Gasteiger partial charge < -0.3 is 9.80 Å². The van der Waals surface area contributed by atoms with Gasteiger partial charge in [0.05, 0.1) is 0 Å². The molecule has 0 bridgehead atoms. The van der Waals surface area contributed by atoms with Crippen molar-refractivity contribution in [1.82, 2.24) is 4.90 Å². The first-order chi connectivity index (χ1) is 31.7. The molecule has 8 aliphatic carbocycles. The molecule has 12 rings (SSSR count). The van der Waals surface area contributed by atoms with Crippen LogP contribution in [0.2, 0.25) is 0 Å². The van der Waals surface area contributed by atoms with Gasteiger partial charge in [0, 0.05) is 68.8 Å². The maximum absolute atomic E-state index is 3.95.